The third-order valence-electron chi connectivity index (χ3n) is 4.73. The summed E-state index contributed by atoms with van der Waals surface area (Å²) in [5.74, 6) is -3.23. The zero-order valence-electron chi connectivity index (χ0n) is 19.9. The largest absolute Gasteiger partial charge is 0.478 e. The summed E-state index contributed by atoms with van der Waals surface area (Å²) < 4.78 is 31.9. The van der Waals surface area contributed by atoms with E-state index < -0.39 is 54.9 Å². The van der Waals surface area contributed by atoms with Crippen LogP contribution in [0.25, 0.3) is 0 Å². The maximum Gasteiger partial charge on any atom is 0.338 e. The van der Waals surface area contributed by atoms with Gasteiger partial charge in [0.25, 0.3) is 0 Å². The van der Waals surface area contributed by atoms with E-state index in [0.717, 1.165) is 12.1 Å². The number of carboxylic acid groups (broad SMARTS) is 1. The zero-order chi connectivity index (χ0) is 24.9. The van der Waals surface area contributed by atoms with E-state index in [1.807, 2.05) is 48.5 Å². The quantitative estimate of drug-likeness (QED) is 0.424. The number of halogens is 1. The maximum absolute atomic E-state index is 14.2. The van der Waals surface area contributed by atoms with Gasteiger partial charge in [0.2, 0.25) is 0 Å². The van der Waals surface area contributed by atoms with Gasteiger partial charge in [-0.25, -0.2) is 9.18 Å². The molecule has 0 aromatic heterocycles. The van der Waals surface area contributed by atoms with E-state index in [-0.39, 0.29) is 30.3 Å². The van der Waals surface area contributed by atoms with Gasteiger partial charge in [0.1, 0.15) is 5.82 Å². The Morgan fingerprint density at radius 1 is 1.16 bits per heavy atom. The second kappa shape index (κ2) is 11.2. The number of hydrogen-bond acceptors (Lipinski definition) is 6. The van der Waals surface area contributed by atoms with Gasteiger partial charge in [-0.15, -0.1) is 0 Å². The minimum Gasteiger partial charge on any atom is -0.478 e. The smallest absolute Gasteiger partial charge is 0.338 e. The van der Waals surface area contributed by atoms with Crippen molar-refractivity contribution in [2.75, 3.05) is 24.7 Å². The molecule has 0 aliphatic heterocycles. The summed E-state index contributed by atoms with van der Waals surface area (Å²) >= 11 is 1.37. The zero-order valence-corrected chi connectivity index (χ0v) is 21.5. The summed E-state index contributed by atoms with van der Waals surface area (Å²) in [6.07, 6.45) is 0. The van der Waals surface area contributed by atoms with Crippen LogP contribution >= 0.6 is 11.8 Å². The Balaban J connectivity index is 3.14. The predicted molar refractivity (Wildman–Crippen MR) is 128 cm³/mol. The average molecular weight is 491 g/mol. The molecule has 9 heteroatoms. The highest BCUT2D eigenvalue weighted by atomic mass is 32.2. The molecule has 0 saturated carbocycles. The Hall–Kier alpha value is -1.29. The number of ether oxygens (including phenoxy) is 1. The number of ketones is 1. The van der Waals surface area contributed by atoms with Crippen LogP contribution in [0.3, 0.4) is 0 Å². The van der Waals surface area contributed by atoms with Crippen molar-refractivity contribution in [2.24, 2.45) is 5.92 Å². The summed E-state index contributed by atoms with van der Waals surface area (Å²) in [5.41, 5.74) is -0.889. The first-order chi connectivity index (χ1) is 14.5. The molecule has 0 aliphatic rings. The molecule has 0 bridgehead atoms. The van der Waals surface area contributed by atoms with Crippen LogP contribution in [0.2, 0.25) is 0 Å². The molecule has 0 amide bonds. The Labute approximate surface area is 196 Å². The van der Waals surface area contributed by atoms with Crippen LogP contribution in [-0.4, -0.2) is 66.0 Å². The van der Waals surface area contributed by atoms with Crippen molar-refractivity contribution in [1.82, 2.24) is 0 Å². The molecule has 1 aromatic carbocycles. The van der Waals surface area contributed by atoms with Gasteiger partial charge in [0, 0.05) is 38.5 Å². The minimum atomic E-state index is -1.45. The van der Waals surface area contributed by atoms with Gasteiger partial charge in [-0.1, -0.05) is 6.07 Å². The lowest BCUT2D eigenvalue weighted by atomic mass is 9.99. The number of hydrogen-bond donors (Lipinski definition) is 2. The molecule has 0 radical (unpaired) electrons. The summed E-state index contributed by atoms with van der Waals surface area (Å²) in [7, 11) is -1.45. The second-order valence-corrected chi connectivity index (χ2v) is 13.8. The van der Waals surface area contributed by atoms with E-state index in [1.165, 1.54) is 17.8 Å². The van der Waals surface area contributed by atoms with E-state index in [9.17, 15) is 23.3 Å². The minimum absolute atomic E-state index is 0.0284. The van der Waals surface area contributed by atoms with E-state index in [1.54, 1.807) is 0 Å². The van der Waals surface area contributed by atoms with Gasteiger partial charge in [0.05, 0.1) is 29.1 Å². The van der Waals surface area contributed by atoms with Crippen LogP contribution in [-0.2, 0) is 15.5 Å². The lowest BCUT2D eigenvalue weighted by molar-refractivity contribution is -0.0116. The number of aliphatic hydroxyl groups is 1. The molecule has 182 valence electrons. The van der Waals surface area contributed by atoms with Crippen LogP contribution in [0.1, 0.15) is 69.2 Å². The van der Waals surface area contributed by atoms with Crippen LogP contribution in [0.4, 0.5) is 4.39 Å². The molecule has 2 N–H and O–H groups in total. The third kappa shape index (κ3) is 8.92. The number of aliphatic hydroxyl groups excluding tert-OH is 1. The molecule has 0 heterocycles. The second-order valence-electron chi connectivity index (χ2n) is 9.96. The van der Waals surface area contributed by atoms with Crippen molar-refractivity contribution in [2.45, 2.75) is 63.6 Å². The van der Waals surface area contributed by atoms with Crippen molar-refractivity contribution >= 4 is 34.3 Å². The van der Waals surface area contributed by atoms with Crippen molar-refractivity contribution in [3.63, 3.8) is 0 Å². The van der Waals surface area contributed by atoms with Gasteiger partial charge in [-0.05, 0) is 60.6 Å². The number of Topliss-reactive ketones (excluding diaryl/α,β-unsaturated/α-hetero) is 1. The summed E-state index contributed by atoms with van der Waals surface area (Å²) in [5, 5.41) is 18.6. The molecule has 32 heavy (non-hydrogen) atoms. The third-order valence-corrected chi connectivity index (χ3v) is 8.27. The van der Waals surface area contributed by atoms with Crippen molar-refractivity contribution < 1.29 is 33.1 Å². The number of carbonyl (C=O) groups excluding carboxylic acids is 1. The van der Waals surface area contributed by atoms with Crippen LogP contribution in [0, 0.1) is 11.7 Å². The molecular weight excluding hydrogens is 455 g/mol. The normalized spacial score (nSPS) is 14.8. The summed E-state index contributed by atoms with van der Waals surface area (Å²) in [6, 6.07) is 3.25. The molecular formula is C23H35FO6S2. The first-order valence-electron chi connectivity index (χ1n) is 10.3. The van der Waals surface area contributed by atoms with Crippen LogP contribution in [0.15, 0.2) is 18.2 Å². The molecule has 0 spiro atoms. The van der Waals surface area contributed by atoms with Gasteiger partial charge in [-0.3, -0.25) is 9.00 Å². The highest BCUT2D eigenvalue weighted by Crippen LogP contribution is 2.29. The van der Waals surface area contributed by atoms with E-state index in [2.05, 4.69) is 0 Å². The van der Waals surface area contributed by atoms with Crippen LogP contribution in [0.5, 0.6) is 0 Å². The van der Waals surface area contributed by atoms with Gasteiger partial charge in [0.15, 0.2) is 5.78 Å². The summed E-state index contributed by atoms with van der Waals surface area (Å²) in [6.45, 7) is 13.1. The SMILES string of the molecule is CC(C)(C)OCC(C)(C)S(=O)CC(CSC(C)(C)CO)C(=O)c1ccc(C(=O)O)c(F)c1. The molecule has 0 saturated heterocycles. The maximum atomic E-state index is 14.2. The average Bonchev–Trinajstić information content (AvgIpc) is 2.68. The number of aromatic carboxylic acids is 1. The highest BCUT2D eigenvalue weighted by Gasteiger charge is 2.34. The molecule has 0 aliphatic carbocycles. The van der Waals surface area contributed by atoms with E-state index in [4.69, 9.17) is 9.84 Å². The fraction of sp³-hybridized carbons (Fsp3) is 0.652. The Kier molecular flexibility index (Phi) is 10.1. The molecule has 0 fully saturated rings. The Bertz CT molecular complexity index is 845. The molecule has 2 atom stereocenters. The van der Waals surface area contributed by atoms with Crippen molar-refractivity contribution in [3.05, 3.63) is 35.1 Å². The number of thioether (sulfide) groups is 1. The number of benzene rings is 1. The van der Waals surface area contributed by atoms with E-state index >= 15 is 0 Å². The Morgan fingerprint density at radius 2 is 1.75 bits per heavy atom. The van der Waals surface area contributed by atoms with Crippen molar-refractivity contribution in [3.8, 4) is 0 Å². The van der Waals surface area contributed by atoms with Crippen LogP contribution < -0.4 is 0 Å². The van der Waals surface area contributed by atoms with Gasteiger partial charge < -0.3 is 14.9 Å². The standard InChI is InChI=1S/C23H35FO6S2/c1-21(2,3)30-14-23(6,7)32(29)12-16(11-31-22(4,5)13-25)19(26)15-8-9-17(20(27)28)18(24)10-15/h8-10,16,25H,11-14H2,1-7H3,(H,27,28). The number of carboxylic acids is 1. The topological polar surface area (TPSA) is 101 Å². The first-order valence-corrected chi connectivity index (χ1v) is 12.6. The highest BCUT2D eigenvalue weighted by molar-refractivity contribution is 8.00. The monoisotopic (exact) mass is 490 g/mol. The predicted octanol–water partition coefficient (Wildman–Crippen LogP) is 4.17. The van der Waals surface area contributed by atoms with E-state index in [0.29, 0.717) is 0 Å². The number of rotatable bonds is 12. The van der Waals surface area contributed by atoms with Crippen molar-refractivity contribution in [1.29, 1.82) is 0 Å². The molecule has 2 unspecified atom stereocenters. The lowest BCUT2D eigenvalue weighted by Gasteiger charge is -2.31. The van der Waals surface area contributed by atoms with Gasteiger partial charge >= 0.3 is 5.97 Å². The fourth-order valence-corrected chi connectivity index (χ4v) is 4.95. The Morgan fingerprint density at radius 3 is 2.22 bits per heavy atom. The lowest BCUT2D eigenvalue weighted by Crippen LogP contribution is -2.40. The fourth-order valence-electron chi connectivity index (χ4n) is 2.51. The molecule has 1 aromatic rings. The first kappa shape index (κ1) is 28.7. The van der Waals surface area contributed by atoms with Gasteiger partial charge in [-0.2, -0.15) is 11.8 Å². The summed E-state index contributed by atoms with van der Waals surface area (Å²) in [4.78, 5) is 24.3. The number of carbonyl (C=O) groups is 2. The molecule has 1 rings (SSSR count). The molecule has 6 nitrogen and oxygen atoms in total.